The highest BCUT2D eigenvalue weighted by atomic mass is 79.9. The van der Waals surface area contributed by atoms with Crippen LogP contribution in [0.3, 0.4) is 0 Å². The molecule has 1 aromatic rings. The summed E-state index contributed by atoms with van der Waals surface area (Å²) in [7, 11) is 1.70. The Morgan fingerprint density at radius 1 is 1.55 bits per heavy atom. The Kier molecular flexibility index (Phi) is 3.81. The molecule has 0 bridgehead atoms. The monoisotopic (exact) mass is 358 g/mol. The lowest BCUT2D eigenvalue weighted by Gasteiger charge is -2.35. The van der Waals surface area contributed by atoms with E-state index in [4.69, 9.17) is 10.5 Å². The van der Waals surface area contributed by atoms with Gasteiger partial charge in [-0.05, 0) is 24.6 Å². The third-order valence-corrected chi connectivity index (χ3v) is 5.68. The first-order valence-electron chi connectivity index (χ1n) is 6.51. The predicted octanol–water partition coefficient (Wildman–Crippen LogP) is 3.27. The van der Waals surface area contributed by atoms with Crippen LogP contribution in [-0.4, -0.2) is 24.1 Å². The standard InChI is InChI=1S/C14H16BrFN2OS/c1-19-10-4-8-7-20-13(17)18-14(8,6-10)11-5-9(15)2-3-12(11)16/h2-3,5,8,10H,4,6-7H2,1H3,(H2,17,18)/t8-,10-,14-/m0/s1. The smallest absolute Gasteiger partial charge is 0.154 e. The van der Waals surface area contributed by atoms with Crippen molar-refractivity contribution in [1.29, 1.82) is 0 Å². The van der Waals surface area contributed by atoms with E-state index < -0.39 is 5.54 Å². The fourth-order valence-electron chi connectivity index (χ4n) is 3.27. The van der Waals surface area contributed by atoms with Crippen molar-refractivity contribution in [1.82, 2.24) is 0 Å². The number of halogens is 2. The van der Waals surface area contributed by atoms with Gasteiger partial charge in [-0.1, -0.05) is 27.7 Å². The van der Waals surface area contributed by atoms with Gasteiger partial charge in [0.15, 0.2) is 5.17 Å². The fraction of sp³-hybridized carbons (Fsp3) is 0.500. The topological polar surface area (TPSA) is 47.6 Å². The molecule has 0 aromatic heterocycles. The van der Waals surface area contributed by atoms with Gasteiger partial charge >= 0.3 is 0 Å². The Labute approximate surface area is 130 Å². The number of fused-ring (bicyclic) bond motifs is 1. The Morgan fingerprint density at radius 2 is 2.35 bits per heavy atom. The van der Waals surface area contributed by atoms with E-state index in [-0.39, 0.29) is 17.8 Å². The fourth-order valence-corrected chi connectivity index (χ4v) is 4.64. The summed E-state index contributed by atoms with van der Waals surface area (Å²) >= 11 is 4.97. The summed E-state index contributed by atoms with van der Waals surface area (Å²) < 4.78 is 20.7. The predicted molar refractivity (Wildman–Crippen MR) is 83.4 cm³/mol. The zero-order valence-corrected chi connectivity index (χ0v) is 13.5. The summed E-state index contributed by atoms with van der Waals surface area (Å²) in [4.78, 5) is 4.66. The molecule has 0 amide bonds. The van der Waals surface area contributed by atoms with Crippen molar-refractivity contribution in [3.05, 3.63) is 34.1 Å². The van der Waals surface area contributed by atoms with Crippen LogP contribution in [-0.2, 0) is 10.3 Å². The first kappa shape index (κ1) is 14.4. The van der Waals surface area contributed by atoms with Crippen molar-refractivity contribution < 1.29 is 9.13 Å². The molecule has 0 radical (unpaired) electrons. The highest BCUT2D eigenvalue weighted by molar-refractivity contribution is 9.10. The summed E-state index contributed by atoms with van der Waals surface area (Å²) in [5.74, 6) is 0.896. The third kappa shape index (κ3) is 2.27. The maximum atomic E-state index is 14.4. The van der Waals surface area contributed by atoms with Crippen molar-refractivity contribution in [2.75, 3.05) is 12.9 Å². The van der Waals surface area contributed by atoms with E-state index in [0.29, 0.717) is 17.2 Å². The molecule has 2 N–H and O–H groups in total. The number of thioether (sulfide) groups is 1. The van der Waals surface area contributed by atoms with Gasteiger partial charge in [0, 0.05) is 35.2 Å². The van der Waals surface area contributed by atoms with Crippen LogP contribution in [0.5, 0.6) is 0 Å². The number of hydrogen-bond acceptors (Lipinski definition) is 4. The van der Waals surface area contributed by atoms with Gasteiger partial charge in [0.1, 0.15) is 5.82 Å². The van der Waals surface area contributed by atoms with Crippen LogP contribution < -0.4 is 5.73 Å². The van der Waals surface area contributed by atoms with Gasteiger partial charge in [0.2, 0.25) is 0 Å². The van der Waals surface area contributed by atoms with Gasteiger partial charge < -0.3 is 10.5 Å². The first-order valence-corrected chi connectivity index (χ1v) is 8.29. The summed E-state index contributed by atoms with van der Waals surface area (Å²) in [6.07, 6.45) is 1.68. The Morgan fingerprint density at radius 3 is 3.10 bits per heavy atom. The third-order valence-electron chi connectivity index (χ3n) is 4.23. The van der Waals surface area contributed by atoms with Gasteiger partial charge in [-0.25, -0.2) is 4.39 Å². The molecule has 1 aliphatic heterocycles. The van der Waals surface area contributed by atoms with Crippen molar-refractivity contribution in [2.24, 2.45) is 16.6 Å². The van der Waals surface area contributed by atoms with Crippen LogP contribution in [0.2, 0.25) is 0 Å². The SMILES string of the molecule is CO[C@H]1C[C@H]2CSC(N)=N[C@@]2(c2cc(Br)ccc2F)C1. The minimum absolute atomic E-state index is 0.105. The lowest BCUT2D eigenvalue weighted by molar-refractivity contribution is 0.102. The van der Waals surface area contributed by atoms with E-state index >= 15 is 0 Å². The molecule has 20 heavy (non-hydrogen) atoms. The molecule has 3 nitrogen and oxygen atoms in total. The molecular formula is C14H16BrFN2OS. The number of nitrogens with zero attached hydrogens (tertiary/aromatic N) is 1. The molecule has 0 saturated heterocycles. The van der Waals surface area contributed by atoms with Gasteiger partial charge in [-0.3, -0.25) is 4.99 Å². The van der Waals surface area contributed by atoms with Gasteiger partial charge in [0.25, 0.3) is 0 Å². The molecule has 1 aromatic carbocycles. The number of rotatable bonds is 2. The maximum Gasteiger partial charge on any atom is 0.154 e. The molecule has 6 heteroatoms. The minimum Gasteiger partial charge on any atom is -0.381 e. The van der Waals surface area contributed by atoms with E-state index in [1.54, 1.807) is 24.9 Å². The summed E-state index contributed by atoms with van der Waals surface area (Å²) in [6, 6.07) is 5.02. The number of nitrogens with two attached hydrogens (primary N) is 1. The van der Waals surface area contributed by atoms with Crippen LogP contribution in [0.1, 0.15) is 18.4 Å². The van der Waals surface area contributed by atoms with E-state index in [0.717, 1.165) is 16.6 Å². The summed E-state index contributed by atoms with van der Waals surface area (Å²) in [5, 5.41) is 0.539. The molecule has 1 aliphatic carbocycles. The second-order valence-corrected chi connectivity index (χ2v) is 7.26. The molecule has 2 aliphatic rings. The lowest BCUT2D eigenvalue weighted by Crippen LogP contribution is -2.37. The number of benzene rings is 1. The number of hydrogen-bond donors (Lipinski definition) is 1. The molecule has 3 atom stereocenters. The van der Waals surface area contributed by atoms with Crippen LogP contribution in [0, 0.1) is 11.7 Å². The molecule has 0 unspecified atom stereocenters. The quantitative estimate of drug-likeness (QED) is 0.882. The first-order chi connectivity index (χ1) is 9.55. The number of ether oxygens (including phenoxy) is 1. The number of amidine groups is 1. The van der Waals surface area contributed by atoms with Crippen molar-refractivity contribution in [3.8, 4) is 0 Å². The van der Waals surface area contributed by atoms with Crippen molar-refractivity contribution >= 4 is 32.9 Å². The average molecular weight is 359 g/mol. The van der Waals surface area contributed by atoms with Gasteiger partial charge in [-0.15, -0.1) is 0 Å². The van der Waals surface area contributed by atoms with Crippen LogP contribution in [0.4, 0.5) is 4.39 Å². The molecule has 1 fully saturated rings. The molecule has 0 spiro atoms. The average Bonchev–Trinajstić information content (AvgIpc) is 2.80. The highest BCUT2D eigenvalue weighted by Crippen LogP contribution is 2.52. The number of aliphatic imine (C=N–C) groups is 1. The normalized spacial score (nSPS) is 32.9. The van der Waals surface area contributed by atoms with E-state index in [2.05, 4.69) is 20.9 Å². The minimum atomic E-state index is -0.579. The Hall–Kier alpha value is -0.590. The zero-order chi connectivity index (χ0) is 14.3. The van der Waals surface area contributed by atoms with Crippen molar-refractivity contribution in [2.45, 2.75) is 24.5 Å². The Balaban J connectivity index is 2.14. The highest BCUT2D eigenvalue weighted by Gasteiger charge is 2.52. The van der Waals surface area contributed by atoms with Gasteiger partial charge in [0.05, 0.1) is 11.6 Å². The maximum absolute atomic E-state index is 14.4. The lowest BCUT2D eigenvalue weighted by atomic mass is 9.81. The van der Waals surface area contributed by atoms with Crippen LogP contribution >= 0.6 is 27.7 Å². The largest absolute Gasteiger partial charge is 0.381 e. The molecular weight excluding hydrogens is 343 g/mol. The molecule has 1 saturated carbocycles. The summed E-state index contributed by atoms with van der Waals surface area (Å²) in [6.45, 7) is 0. The second-order valence-electron chi connectivity index (χ2n) is 5.30. The van der Waals surface area contributed by atoms with E-state index in [9.17, 15) is 4.39 Å². The van der Waals surface area contributed by atoms with Crippen LogP contribution in [0.25, 0.3) is 0 Å². The van der Waals surface area contributed by atoms with Crippen LogP contribution in [0.15, 0.2) is 27.7 Å². The molecule has 3 rings (SSSR count). The molecule has 1 heterocycles. The second kappa shape index (κ2) is 5.31. The molecule has 108 valence electrons. The Bertz CT molecular complexity index is 568. The number of methoxy groups -OCH3 is 1. The van der Waals surface area contributed by atoms with Gasteiger partial charge in [-0.2, -0.15) is 0 Å². The van der Waals surface area contributed by atoms with E-state index in [1.165, 1.54) is 6.07 Å². The van der Waals surface area contributed by atoms with E-state index in [1.807, 2.05) is 6.07 Å². The summed E-state index contributed by atoms with van der Waals surface area (Å²) in [5.41, 5.74) is 5.97. The van der Waals surface area contributed by atoms with Crippen molar-refractivity contribution in [3.63, 3.8) is 0 Å². The zero-order valence-electron chi connectivity index (χ0n) is 11.1.